The molecule has 0 bridgehead atoms. The number of nitrogens with zero attached hydrogens (tertiary/aromatic N) is 1. The molecule has 0 radical (unpaired) electrons. The number of carbonyl (C=O) groups excluding carboxylic acids is 1. The van der Waals surface area contributed by atoms with Gasteiger partial charge < -0.3 is 25.7 Å². The van der Waals surface area contributed by atoms with Crippen LogP contribution in [-0.4, -0.2) is 38.0 Å². The second kappa shape index (κ2) is 11.4. The Labute approximate surface area is 230 Å². The topological polar surface area (TPSA) is 123 Å². The lowest BCUT2D eigenvalue weighted by molar-refractivity contribution is -0.139. The molecule has 2 heterocycles. The summed E-state index contributed by atoms with van der Waals surface area (Å²) >= 11 is 0. The summed E-state index contributed by atoms with van der Waals surface area (Å²) < 4.78 is 13.8. The van der Waals surface area contributed by atoms with Crippen LogP contribution >= 0.6 is 0 Å². The fraction of sp³-hybridized carbons (Fsp3) is 0.194. The van der Waals surface area contributed by atoms with Crippen LogP contribution in [0.5, 0.6) is 0 Å². The van der Waals surface area contributed by atoms with Gasteiger partial charge in [0.25, 0.3) is 5.91 Å². The number of aryl methyl sites for hydroxylation is 2. The summed E-state index contributed by atoms with van der Waals surface area (Å²) in [7, 11) is 0. The van der Waals surface area contributed by atoms with E-state index in [2.05, 4.69) is 25.6 Å². The Morgan fingerprint density at radius 2 is 1.80 bits per heavy atom. The number of halogens is 1. The second-order valence-corrected chi connectivity index (χ2v) is 9.73. The lowest BCUT2D eigenvalue weighted by Gasteiger charge is -2.18. The van der Waals surface area contributed by atoms with E-state index in [-0.39, 0.29) is 6.42 Å². The van der Waals surface area contributed by atoms with Gasteiger partial charge in [0.1, 0.15) is 11.9 Å². The Hall–Kier alpha value is -4.92. The Kier molecular flexibility index (Phi) is 7.63. The highest BCUT2D eigenvalue weighted by molar-refractivity contribution is 5.99. The molecule has 8 nitrogen and oxygen atoms in total. The SMILES string of the molecule is CCc1cc(F)cc(C)c1C(=O)NC(Cc1ccc(-c2ccc(CNc3nc4ccccc4[nH]3)[nH]2)cc1)C(=O)O. The number of rotatable bonds is 10. The van der Waals surface area contributed by atoms with E-state index in [4.69, 9.17) is 0 Å². The molecule has 1 unspecified atom stereocenters. The first kappa shape index (κ1) is 26.7. The van der Waals surface area contributed by atoms with Crippen LogP contribution in [0.15, 0.2) is 72.8 Å². The Morgan fingerprint density at radius 3 is 2.52 bits per heavy atom. The lowest BCUT2D eigenvalue weighted by atomic mass is 9.98. The van der Waals surface area contributed by atoms with Crippen LogP contribution in [0.1, 0.15) is 39.7 Å². The molecule has 0 saturated heterocycles. The molecule has 0 saturated carbocycles. The van der Waals surface area contributed by atoms with Gasteiger partial charge in [-0.15, -0.1) is 0 Å². The third-order valence-corrected chi connectivity index (χ3v) is 6.88. The molecule has 2 aromatic heterocycles. The molecule has 5 rings (SSSR count). The Balaban J connectivity index is 1.22. The number of aliphatic carboxylic acids is 1. The predicted molar refractivity (Wildman–Crippen MR) is 153 cm³/mol. The number of imidazole rings is 1. The first-order valence-electron chi connectivity index (χ1n) is 13.1. The summed E-state index contributed by atoms with van der Waals surface area (Å²) in [5.41, 5.74) is 6.83. The lowest BCUT2D eigenvalue weighted by Crippen LogP contribution is -2.42. The molecule has 0 fully saturated rings. The highest BCUT2D eigenvalue weighted by Crippen LogP contribution is 2.22. The number of hydrogen-bond acceptors (Lipinski definition) is 4. The van der Waals surface area contributed by atoms with Crippen molar-refractivity contribution >= 4 is 28.9 Å². The zero-order valence-electron chi connectivity index (χ0n) is 22.2. The highest BCUT2D eigenvalue weighted by atomic mass is 19.1. The van der Waals surface area contributed by atoms with Crippen LogP contribution in [0.2, 0.25) is 0 Å². The molecule has 0 aliphatic carbocycles. The molecule has 1 amide bonds. The molecule has 0 aliphatic heterocycles. The Bertz CT molecular complexity index is 1640. The average molecular weight is 540 g/mol. The summed E-state index contributed by atoms with van der Waals surface area (Å²) in [6, 6.07) is 20.8. The van der Waals surface area contributed by atoms with Gasteiger partial charge in [-0.1, -0.05) is 43.3 Å². The second-order valence-electron chi connectivity index (χ2n) is 9.73. The number of amides is 1. The number of fused-ring (bicyclic) bond motifs is 1. The van der Waals surface area contributed by atoms with Crippen LogP contribution in [0.25, 0.3) is 22.3 Å². The minimum absolute atomic E-state index is 0.112. The fourth-order valence-corrected chi connectivity index (χ4v) is 4.83. The number of aromatic amines is 2. The maximum Gasteiger partial charge on any atom is 0.326 e. The van der Waals surface area contributed by atoms with Crippen LogP contribution in [0.3, 0.4) is 0 Å². The van der Waals surface area contributed by atoms with E-state index >= 15 is 0 Å². The van der Waals surface area contributed by atoms with Crippen molar-refractivity contribution in [1.82, 2.24) is 20.3 Å². The maximum absolute atomic E-state index is 13.8. The minimum atomic E-state index is -1.14. The number of H-pyrrole nitrogens is 2. The molecule has 9 heteroatoms. The van der Waals surface area contributed by atoms with Crippen molar-refractivity contribution in [2.75, 3.05) is 5.32 Å². The summed E-state index contributed by atoms with van der Waals surface area (Å²) in [6.07, 6.45) is 0.567. The first-order chi connectivity index (χ1) is 19.3. The molecule has 1 atom stereocenters. The standard InChI is InChI=1S/C31H30FN5O3/c1-3-20-16-22(32)14-18(2)28(20)29(38)35-27(30(39)40)15-19-8-10-21(11-9-19)24-13-12-23(34-24)17-33-31-36-25-6-4-5-7-26(25)37-31/h4-14,16,27,34H,3,15,17H2,1-2H3,(H,35,38)(H,39,40)(H2,33,36,37). The maximum atomic E-state index is 13.8. The zero-order valence-corrected chi connectivity index (χ0v) is 22.2. The van der Waals surface area contributed by atoms with Gasteiger partial charge in [-0.25, -0.2) is 14.2 Å². The summed E-state index contributed by atoms with van der Waals surface area (Å²) in [4.78, 5) is 36.1. The van der Waals surface area contributed by atoms with Crippen molar-refractivity contribution in [2.45, 2.75) is 39.3 Å². The van der Waals surface area contributed by atoms with Crippen LogP contribution < -0.4 is 10.6 Å². The number of nitrogens with one attached hydrogen (secondary N) is 4. The molecular weight excluding hydrogens is 509 g/mol. The van der Waals surface area contributed by atoms with Gasteiger partial charge in [-0.3, -0.25) is 4.79 Å². The van der Waals surface area contributed by atoms with Crippen molar-refractivity contribution in [3.05, 3.63) is 107 Å². The summed E-state index contributed by atoms with van der Waals surface area (Å²) in [5, 5.41) is 15.7. The van der Waals surface area contributed by atoms with Crippen molar-refractivity contribution in [3.63, 3.8) is 0 Å². The molecule has 40 heavy (non-hydrogen) atoms. The van der Waals surface area contributed by atoms with E-state index < -0.39 is 23.7 Å². The number of carboxylic acids is 1. The van der Waals surface area contributed by atoms with Crippen molar-refractivity contribution < 1.29 is 19.1 Å². The molecule has 0 spiro atoms. The number of para-hydroxylation sites is 2. The monoisotopic (exact) mass is 539 g/mol. The molecule has 5 aromatic rings. The molecule has 0 aliphatic rings. The van der Waals surface area contributed by atoms with E-state index in [9.17, 15) is 19.1 Å². The smallest absolute Gasteiger partial charge is 0.326 e. The van der Waals surface area contributed by atoms with Gasteiger partial charge in [0, 0.05) is 23.4 Å². The van der Waals surface area contributed by atoms with Crippen LogP contribution in [0, 0.1) is 12.7 Å². The third-order valence-electron chi connectivity index (χ3n) is 6.88. The molecular formula is C31H30FN5O3. The Morgan fingerprint density at radius 1 is 1.02 bits per heavy atom. The molecule has 3 aromatic carbocycles. The van der Waals surface area contributed by atoms with E-state index in [1.54, 1.807) is 6.92 Å². The average Bonchev–Trinajstić information content (AvgIpc) is 3.58. The van der Waals surface area contributed by atoms with Gasteiger partial charge in [0.15, 0.2) is 0 Å². The van der Waals surface area contributed by atoms with Gasteiger partial charge >= 0.3 is 5.97 Å². The summed E-state index contributed by atoms with van der Waals surface area (Å²) in [5.74, 6) is -1.38. The van der Waals surface area contributed by atoms with Gasteiger partial charge in [-0.05, 0) is 72.0 Å². The fourth-order valence-electron chi connectivity index (χ4n) is 4.83. The third kappa shape index (κ3) is 5.88. The number of anilines is 1. The van der Waals surface area contributed by atoms with Gasteiger partial charge in [0.2, 0.25) is 5.95 Å². The number of carbonyl (C=O) groups is 2. The molecule has 204 valence electrons. The number of carboxylic acid groups (broad SMARTS) is 1. The van der Waals surface area contributed by atoms with Crippen molar-refractivity contribution in [1.29, 1.82) is 0 Å². The number of aromatic nitrogens is 3. The van der Waals surface area contributed by atoms with Crippen LogP contribution in [-0.2, 0) is 24.2 Å². The number of benzene rings is 3. The van der Waals surface area contributed by atoms with E-state index in [0.29, 0.717) is 35.6 Å². The molecule has 5 N–H and O–H groups in total. The van der Waals surface area contributed by atoms with Crippen molar-refractivity contribution in [2.24, 2.45) is 0 Å². The quantitative estimate of drug-likeness (QED) is 0.158. The van der Waals surface area contributed by atoms with Gasteiger partial charge in [-0.2, -0.15) is 0 Å². The van der Waals surface area contributed by atoms with Crippen molar-refractivity contribution in [3.8, 4) is 11.3 Å². The first-order valence-corrected chi connectivity index (χ1v) is 13.1. The zero-order chi connectivity index (χ0) is 28.2. The van der Waals surface area contributed by atoms with E-state index in [0.717, 1.165) is 33.5 Å². The van der Waals surface area contributed by atoms with Gasteiger partial charge in [0.05, 0.1) is 17.6 Å². The number of hydrogen-bond donors (Lipinski definition) is 5. The highest BCUT2D eigenvalue weighted by Gasteiger charge is 2.24. The predicted octanol–water partition coefficient (Wildman–Crippen LogP) is 5.61. The minimum Gasteiger partial charge on any atom is -0.480 e. The normalized spacial score (nSPS) is 11.9. The van der Waals surface area contributed by atoms with E-state index in [1.807, 2.05) is 67.6 Å². The van der Waals surface area contributed by atoms with E-state index in [1.165, 1.54) is 12.1 Å². The van der Waals surface area contributed by atoms with Crippen LogP contribution in [0.4, 0.5) is 10.3 Å². The summed E-state index contributed by atoms with van der Waals surface area (Å²) in [6.45, 7) is 4.03. The largest absolute Gasteiger partial charge is 0.480 e.